The van der Waals surface area contributed by atoms with Crippen molar-refractivity contribution in [1.29, 1.82) is 0 Å². The first kappa shape index (κ1) is 18.0. The molecular weight excluding hydrogens is 306 g/mol. The van der Waals surface area contributed by atoms with Crippen LogP contribution in [0, 0.1) is 0 Å². The number of benzene rings is 2. The van der Waals surface area contributed by atoms with E-state index in [9.17, 15) is 5.11 Å². The smallest absolute Gasteiger partial charge is 0.119 e. The molecule has 2 nitrogen and oxygen atoms in total. The molecule has 1 saturated heterocycles. The summed E-state index contributed by atoms with van der Waals surface area (Å²) in [6, 6.07) is 17.5. The van der Waals surface area contributed by atoms with Crippen LogP contribution in [0.2, 0.25) is 0 Å². The second kappa shape index (κ2) is 7.61. The molecule has 0 spiro atoms. The van der Waals surface area contributed by atoms with Crippen LogP contribution in [0.4, 0.5) is 0 Å². The minimum Gasteiger partial charge on any atom is -0.508 e. The second-order valence-electron chi connectivity index (χ2n) is 8.10. The van der Waals surface area contributed by atoms with E-state index in [1.54, 1.807) is 0 Å². The number of aromatic hydroxyl groups is 1. The van der Waals surface area contributed by atoms with Crippen molar-refractivity contribution >= 4 is 0 Å². The predicted molar refractivity (Wildman–Crippen MR) is 105 cm³/mol. The van der Waals surface area contributed by atoms with Crippen LogP contribution in [-0.4, -0.2) is 36.3 Å². The highest BCUT2D eigenvalue weighted by atomic mass is 16.3. The molecule has 1 heterocycles. The van der Waals surface area contributed by atoms with Crippen molar-refractivity contribution in [3.8, 4) is 5.75 Å². The summed E-state index contributed by atoms with van der Waals surface area (Å²) in [7, 11) is 4.74. The minimum absolute atomic E-state index is 0.258. The summed E-state index contributed by atoms with van der Waals surface area (Å²) in [6.07, 6.45) is 6.03. The van der Waals surface area contributed by atoms with Gasteiger partial charge in [0.1, 0.15) is 5.75 Å². The van der Waals surface area contributed by atoms with Crippen LogP contribution >= 0.6 is 0 Å². The van der Waals surface area contributed by atoms with Crippen molar-refractivity contribution in [3.05, 3.63) is 65.2 Å². The molecule has 2 aromatic carbocycles. The molecule has 0 radical (unpaired) electrons. The Hall–Kier alpha value is -1.80. The number of nitrogens with zero attached hydrogens (tertiary/aromatic N) is 1. The fourth-order valence-electron chi connectivity index (χ4n) is 4.34. The maximum Gasteiger partial charge on any atom is 0.119 e. The van der Waals surface area contributed by atoms with Gasteiger partial charge in [-0.15, -0.1) is 0 Å². The number of piperidine rings is 1. The van der Waals surface area contributed by atoms with E-state index in [-0.39, 0.29) is 5.92 Å². The second-order valence-corrected chi connectivity index (χ2v) is 8.10. The van der Waals surface area contributed by atoms with Crippen molar-refractivity contribution in [3.63, 3.8) is 0 Å². The molecule has 0 aromatic heterocycles. The Morgan fingerprint density at radius 3 is 2.52 bits per heavy atom. The normalized spacial score (nSPS) is 21.0. The molecule has 0 saturated carbocycles. The molecule has 0 aliphatic carbocycles. The molecule has 134 valence electrons. The first-order chi connectivity index (χ1) is 12.0. The maximum atomic E-state index is 10.6. The van der Waals surface area contributed by atoms with Crippen LogP contribution in [0.15, 0.2) is 48.5 Å². The lowest BCUT2D eigenvalue weighted by atomic mass is 9.81. The van der Waals surface area contributed by atoms with Gasteiger partial charge >= 0.3 is 0 Å². The lowest BCUT2D eigenvalue weighted by Crippen LogP contribution is -2.52. The zero-order valence-electron chi connectivity index (χ0n) is 15.9. The van der Waals surface area contributed by atoms with Crippen molar-refractivity contribution < 1.29 is 9.59 Å². The summed E-state index contributed by atoms with van der Waals surface area (Å²) in [5, 5.41) is 10.6. The highest BCUT2D eigenvalue weighted by Crippen LogP contribution is 2.39. The molecule has 1 N–H and O–H groups in total. The highest BCUT2D eigenvalue weighted by Gasteiger charge is 2.34. The fraction of sp³-hybridized carbons (Fsp3) is 0.478. The number of rotatable bonds is 5. The zero-order valence-corrected chi connectivity index (χ0v) is 15.9. The standard InChI is InChI=1S/C23H31NO/c1-4-18-13-14-23(25)22(16-18)21(19-10-6-5-7-11-19)17-20-12-8-9-15-24(20,2)3/h5-7,10-11,13-14,16,20-21H,4,8-9,12,15,17H2,1-3H3/p+1. The van der Waals surface area contributed by atoms with E-state index in [1.807, 2.05) is 12.1 Å². The van der Waals surface area contributed by atoms with Crippen molar-refractivity contribution in [2.75, 3.05) is 20.6 Å². The van der Waals surface area contributed by atoms with Crippen molar-refractivity contribution in [2.24, 2.45) is 0 Å². The van der Waals surface area contributed by atoms with Crippen LogP contribution in [-0.2, 0) is 6.42 Å². The monoisotopic (exact) mass is 338 g/mol. The first-order valence-electron chi connectivity index (χ1n) is 9.70. The van der Waals surface area contributed by atoms with Crippen LogP contribution in [0.3, 0.4) is 0 Å². The van der Waals surface area contributed by atoms with Crippen molar-refractivity contribution in [1.82, 2.24) is 0 Å². The Morgan fingerprint density at radius 1 is 1.08 bits per heavy atom. The summed E-state index contributed by atoms with van der Waals surface area (Å²) < 4.78 is 1.09. The molecular formula is C23H32NO+. The highest BCUT2D eigenvalue weighted by molar-refractivity contribution is 5.43. The van der Waals surface area contributed by atoms with Crippen molar-refractivity contribution in [2.45, 2.75) is 51.0 Å². The Morgan fingerprint density at radius 2 is 1.84 bits per heavy atom. The van der Waals surface area contributed by atoms with E-state index in [2.05, 4.69) is 57.4 Å². The zero-order chi connectivity index (χ0) is 17.9. The Kier molecular flexibility index (Phi) is 5.48. The van der Waals surface area contributed by atoms with E-state index < -0.39 is 0 Å². The molecule has 1 aliphatic rings. The van der Waals surface area contributed by atoms with Gasteiger partial charge in [-0.3, -0.25) is 0 Å². The maximum absolute atomic E-state index is 10.6. The van der Waals surface area contributed by atoms with Crippen LogP contribution < -0.4 is 0 Å². The molecule has 2 atom stereocenters. The van der Waals surface area contributed by atoms with Gasteiger partial charge in [0.25, 0.3) is 0 Å². The quantitative estimate of drug-likeness (QED) is 0.752. The van der Waals surface area contributed by atoms with Gasteiger partial charge in [0, 0.05) is 17.9 Å². The molecule has 1 fully saturated rings. The van der Waals surface area contributed by atoms with E-state index in [0.29, 0.717) is 11.8 Å². The van der Waals surface area contributed by atoms with Gasteiger partial charge in [-0.2, -0.15) is 0 Å². The number of aryl methyl sites for hydroxylation is 1. The third-order valence-electron chi connectivity index (χ3n) is 6.10. The number of phenolic OH excluding ortho intramolecular Hbond substituents is 1. The third kappa shape index (κ3) is 4.07. The molecule has 25 heavy (non-hydrogen) atoms. The Labute approximate surface area is 152 Å². The predicted octanol–water partition coefficient (Wildman–Crippen LogP) is 5.11. The number of likely N-dealkylation sites (tertiary alicyclic amines) is 1. The number of phenols is 1. The minimum atomic E-state index is 0.258. The molecule has 2 aromatic rings. The molecule has 0 bridgehead atoms. The first-order valence-corrected chi connectivity index (χ1v) is 9.70. The summed E-state index contributed by atoms with van der Waals surface area (Å²) in [6.45, 7) is 3.43. The number of hydrogen-bond donors (Lipinski definition) is 1. The van der Waals surface area contributed by atoms with Crippen LogP contribution in [0.25, 0.3) is 0 Å². The average Bonchev–Trinajstić information content (AvgIpc) is 2.62. The van der Waals surface area contributed by atoms with Gasteiger partial charge in [-0.1, -0.05) is 49.4 Å². The lowest BCUT2D eigenvalue weighted by molar-refractivity contribution is -0.920. The number of quaternary nitrogens is 1. The van der Waals surface area contributed by atoms with Gasteiger partial charge < -0.3 is 9.59 Å². The van der Waals surface area contributed by atoms with Gasteiger partial charge in [0.2, 0.25) is 0 Å². The van der Waals surface area contributed by atoms with E-state index in [1.165, 1.54) is 36.9 Å². The Bertz CT molecular complexity index is 692. The summed E-state index contributed by atoms with van der Waals surface area (Å²) >= 11 is 0. The molecule has 2 unspecified atom stereocenters. The summed E-state index contributed by atoms with van der Waals surface area (Å²) in [5.74, 6) is 0.695. The third-order valence-corrected chi connectivity index (χ3v) is 6.10. The van der Waals surface area contributed by atoms with E-state index >= 15 is 0 Å². The van der Waals surface area contributed by atoms with Crippen LogP contribution in [0.1, 0.15) is 55.2 Å². The van der Waals surface area contributed by atoms with Gasteiger partial charge in [-0.05, 0) is 42.9 Å². The lowest BCUT2D eigenvalue weighted by Gasteiger charge is -2.43. The average molecular weight is 339 g/mol. The van der Waals surface area contributed by atoms with Gasteiger partial charge in [-0.25, -0.2) is 0 Å². The van der Waals surface area contributed by atoms with Gasteiger partial charge in [0.15, 0.2) is 0 Å². The fourth-order valence-corrected chi connectivity index (χ4v) is 4.34. The van der Waals surface area contributed by atoms with Crippen LogP contribution in [0.5, 0.6) is 5.75 Å². The SMILES string of the molecule is CCc1ccc(O)c(C(CC2CCCC[N+]2(C)C)c2ccccc2)c1. The summed E-state index contributed by atoms with van der Waals surface area (Å²) in [4.78, 5) is 0. The topological polar surface area (TPSA) is 20.2 Å². The largest absolute Gasteiger partial charge is 0.508 e. The number of hydrogen-bond acceptors (Lipinski definition) is 1. The molecule has 3 rings (SSSR count). The molecule has 2 heteroatoms. The van der Waals surface area contributed by atoms with E-state index in [4.69, 9.17) is 0 Å². The van der Waals surface area contributed by atoms with E-state index in [0.717, 1.165) is 22.9 Å². The summed E-state index contributed by atoms with van der Waals surface area (Å²) in [5.41, 5.74) is 3.71. The molecule has 1 aliphatic heterocycles. The molecule has 0 amide bonds. The van der Waals surface area contributed by atoms with Gasteiger partial charge in [0.05, 0.1) is 26.7 Å². The Balaban J connectivity index is 1.99.